The first-order valence-corrected chi connectivity index (χ1v) is 9.51. The van der Waals surface area contributed by atoms with Gasteiger partial charge in [0.2, 0.25) is 0 Å². The molecule has 0 spiro atoms. The summed E-state index contributed by atoms with van der Waals surface area (Å²) in [5, 5.41) is 14.0. The van der Waals surface area contributed by atoms with Crippen molar-refractivity contribution in [1.29, 1.82) is 0 Å². The van der Waals surface area contributed by atoms with Gasteiger partial charge in [-0.25, -0.2) is 4.99 Å². The minimum Gasteiger partial charge on any atom is -0.457 e. The molecular weight excluding hydrogens is 390 g/mol. The molecule has 2 aromatic carbocycles. The Hall–Kier alpha value is -3.65. The maximum Gasteiger partial charge on any atom is 0.269 e. The summed E-state index contributed by atoms with van der Waals surface area (Å²) < 4.78 is 5.77. The number of nitro benzene ring substituents is 1. The van der Waals surface area contributed by atoms with Crippen LogP contribution in [-0.4, -0.2) is 16.0 Å². The molecule has 1 aliphatic heterocycles. The van der Waals surface area contributed by atoms with E-state index in [1.54, 1.807) is 30.3 Å². The van der Waals surface area contributed by atoms with Gasteiger partial charge in [0.25, 0.3) is 11.6 Å². The van der Waals surface area contributed by atoms with Crippen LogP contribution in [-0.2, 0) is 4.79 Å². The number of nitro groups is 1. The van der Waals surface area contributed by atoms with Gasteiger partial charge < -0.3 is 9.73 Å². The molecule has 2 heterocycles. The summed E-state index contributed by atoms with van der Waals surface area (Å²) in [6.07, 6.45) is 1.65. The molecule has 3 aromatic rings. The lowest BCUT2D eigenvalue weighted by molar-refractivity contribution is -0.384. The Morgan fingerprint density at radius 2 is 1.86 bits per heavy atom. The van der Waals surface area contributed by atoms with Gasteiger partial charge in [-0.3, -0.25) is 14.9 Å². The average Bonchev–Trinajstić information content (AvgIpc) is 3.31. The molecule has 1 saturated heterocycles. The van der Waals surface area contributed by atoms with Crippen LogP contribution < -0.4 is 5.32 Å². The summed E-state index contributed by atoms with van der Waals surface area (Å²) in [6, 6.07) is 17.3. The van der Waals surface area contributed by atoms with Gasteiger partial charge in [-0.2, -0.15) is 0 Å². The zero-order valence-electron chi connectivity index (χ0n) is 15.3. The number of amidine groups is 1. The standard InChI is InChI=1S/C21H15N3O4S/c1-13-4-2-3-5-17(13)22-21-23-20(25)19(29-21)12-16-10-11-18(28-16)14-6-8-15(9-7-14)24(26)27/h2-12H,1H3,(H,22,23,25)/b19-12+. The molecule has 0 atom stereocenters. The van der Waals surface area contributed by atoms with E-state index in [9.17, 15) is 14.9 Å². The second-order valence-electron chi connectivity index (χ2n) is 6.27. The highest BCUT2D eigenvalue weighted by Gasteiger charge is 2.24. The normalized spacial score (nSPS) is 16.4. The zero-order valence-corrected chi connectivity index (χ0v) is 16.1. The number of para-hydroxylation sites is 1. The van der Waals surface area contributed by atoms with Gasteiger partial charge in [-0.15, -0.1) is 0 Å². The van der Waals surface area contributed by atoms with Gasteiger partial charge >= 0.3 is 0 Å². The average molecular weight is 405 g/mol. The van der Waals surface area contributed by atoms with E-state index in [4.69, 9.17) is 4.42 Å². The SMILES string of the molecule is Cc1ccccc1N=C1NC(=O)/C(=C\c2ccc(-c3ccc([N+](=O)[O-])cc3)o2)S1. The Morgan fingerprint density at radius 3 is 2.59 bits per heavy atom. The number of thioether (sulfide) groups is 1. The van der Waals surface area contributed by atoms with E-state index >= 15 is 0 Å². The van der Waals surface area contributed by atoms with E-state index in [2.05, 4.69) is 10.3 Å². The number of furan rings is 1. The third-order valence-corrected chi connectivity index (χ3v) is 5.16. The van der Waals surface area contributed by atoms with Crippen molar-refractivity contribution in [3.63, 3.8) is 0 Å². The Balaban J connectivity index is 1.54. The van der Waals surface area contributed by atoms with Gasteiger partial charge in [0.1, 0.15) is 11.5 Å². The number of carbonyl (C=O) groups is 1. The highest BCUT2D eigenvalue weighted by molar-refractivity contribution is 8.18. The molecule has 0 saturated carbocycles. The highest BCUT2D eigenvalue weighted by Crippen LogP contribution is 2.31. The number of carbonyl (C=O) groups excluding carboxylic acids is 1. The molecule has 144 valence electrons. The quantitative estimate of drug-likeness (QED) is 0.372. The van der Waals surface area contributed by atoms with Gasteiger partial charge in [0, 0.05) is 23.8 Å². The number of rotatable bonds is 4. The zero-order chi connectivity index (χ0) is 20.4. The number of aryl methyl sites for hydroxylation is 1. The minimum atomic E-state index is -0.451. The molecule has 1 N–H and O–H groups in total. The second kappa shape index (κ2) is 7.76. The molecule has 1 aliphatic rings. The molecular formula is C21H15N3O4S. The van der Waals surface area contributed by atoms with Crippen LogP contribution in [0.1, 0.15) is 11.3 Å². The summed E-state index contributed by atoms with van der Waals surface area (Å²) in [5.74, 6) is 0.827. The predicted octanol–water partition coefficient (Wildman–Crippen LogP) is 5.05. The lowest BCUT2D eigenvalue weighted by Gasteiger charge is -1.99. The fraction of sp³-hybridized carbons (Fsp3) is 0.0476. The van der Waals surface area contributed by atoms with E-state index in [1.807, 2.05) is 31.2 Å². The molecule has 0 bridgehead atoms. The van der Waals surface area contributed by atoms with Crippen LogP contribution in [0.4, 0.5) is 11.4 Å². The van der Waals surface area contributed by atoms with Crippen molar-refractivity contribution in [3.05, 3.63) is 87.0 Å². The van der Waals surface area contributed by atoms with E-state index < -0.39 is 4.92 Å². The Kier molecular flexibility index (Phi) is 5.01. The van der Waals surface area contributed by atoms with E-state index in [0.717, 1.165) is 11.3 Å². The van der Waals surface area contributed by atoms with Crippen molar-refractivity contribution in [2.45, 2.75) is 6.92 Å². The third-order valence-electron chi connectivity index (χ3n) is 4.25. The van der Waals surface area contributed by atoms with Crippen LogP contribution in [0.3, 0.4) is 0 Å². The fourth-order valence-corrected chi connectivity index (χ4v) is 3.56. The van der Waals surface area contributed by atoms with E-state index in [0.29, 0.717) is 27.2 Å². The number of benzene rings is 2. The number of hydrogen-bond acceptors (Lipinski definition) is 6. The number of nitrogens with zero attached hydrogens (tertiary/aromatic N) is 2. The smallest absolute Gasteiger partial charge is 0.269 e. The van der Waals surface area contributed by atoms with Crippen molar-refractivity contribution in [2.75, 3.05) is 0 Å². The second-order valence-corrected chi connectivity index (χ2v) is 7.30. The Morgan fingerprint density at radius 1 is 1.10 bits per heavy atom. The molecule has 0 unspecified atom stereocenters. The molecule has 8 heteroatoms. The Bertz CT molecular complexity index is 1160. The lowest BCUT2D eigenvalue weighted by atomic mass is 10.1. The molecule has 29 heavy (non-hydrogen) atoms. The predicted molar refractivity (Wildman–Crippen MR) is 113 cm³/mol. The molecule has 1 aromatic heterocycles. The number of amides is 1. The largest absolute Gasteiger partial charge is 0.457 e. The van der Waals surface area contributed by atoms with Crippen molar-refractivity contribution in [3.8, 4) is 11.3 Å². The van der Waals surface area contributed by atoms with E-state index in [-0.39, 0.29) is 11.6 Å². The van der Waals surface area contributed by atoms with Crippen LogP contribution >= 0.6 is 11.8 Å². The first kappa shape index (κ1) is 18.7. The van der Waals surface area contributed by atoms with Crippen molar-refractivity contribution >= 4 is 40.3 Å². The Labute approximate surface area is 170 Å². The summed E-state index contributed by atoms with van der Waals surface area (Å²) in [6.45, 7) is 1.96. The number of nitrogens with one attached hydrogen (secondary N) is 1. The number of non-ortho nitro benzene ring substituents is 1. The number of aliphatic imine (C=N–C) groups is 1. The van der Waals surface area contributed by atoms with Crippen LogP contribution in [0.15, 0.2) is 75.0 Å². The fourth-order valence-electron chi connectivity index (χ4n) is 2.74. The van der Waals surface area contributed by atoms with Gasteiger partial charge in [0.05, 0.1) is 15.5 Å². The summed E-state index contributed by atoms with van der Waals surface area (Å²) in [4.78, 5) is 27.5. The molecule has 4 rings (SSSR count). The molecule has 1 amide bonds. The first-order valence-electron chi connectivity index (χ1n) is 8.69. The van der Waals surface area contributed by atoms with Crippen molar-refractivity contribution in [2.24, 2.45) is 4.99 Å². The van der Waals surface area contributed by atoms with Crippen molar-refractivity contribution in [1.82, 2.24) is 5.32 Å². The van der Waals surface area contributed by atoms with Crippen LogP contribution in [0.25, 0.3) is 17.4 Å². The van der Waals surface area contributed by atoms with Crippen LogP contribution in [0.2, 0.25) is 0 Å². The van der Waals surface area contributed by atoms with Crippen LogP contribution in [0, 0.1) is 17.0 Å². The molecule has 0 aliphatic carbocycles. The lowest BCUT2D eigenvalue weighted by Crippen LogP contribution is -2.19. The highest BCUT2D eigenvalue weighted by atomic mass is 32.2. The minimum absolute atomic E-state index is 0.0159. The summed E-state index contributed by atoms with van der Waals surface area (Å²) in [5.41, 5.74) is 2.55. The monoisotopic (exact) mass is 405 g/mol. The summed E-state index contributed by atoms with van der Waals surface area (Å²) >= 11 is 1.24. The topological polar surface area (TPSA) is 97.7 Å². The van der Waals surface area contributed by atoms with Gasteiger partial charge in [-0.05, 0) is 54.6 Å². The number of hydrogen-bond donors (Lipinski definition) is 1. The molecule has 0 radical (unpaired) electrons. The van der Waals surface area contributed by atoms with Gasteiger partial charge in [0.15, 0.2) is 5.17 Å². The molecule has 1 fully saturated rings. The third kappa shape index (κ3) is 4.12. The first-order chi connectivity index (χ1) is 14.0. The maximum absolute atomic E-state index is 12.3. The summed E-state index contributed by atoms with van der Waals surface area (Å²) in [7, 11) is 0. The van der Waals surface area contributed by atoms with Crippen LogP contribution in [0.5, 0.6) is 0 Å². The van der Waals surface area contributed by atoms with Crippen molar-refractivity contribution < 1.29 is 14.1 Å². The molecule has 7 nitrogen and oxygen atoms in total. The van der Waals surface area contributed by atoms with E-state index in [1.165, 1.54) is 23.9 Å². The maximum atomic E-state index is 12.3. The van der Waals surface area contributed by atoms with Gasteiger partial charge in [-0.1, -0.05) is 18.2 Å².